The van der Waals surface area contributed by atoms with Gasteiger partial charge in [0.2, 0.25) is 5.95 Å². The first-order chi connectivity index (χ1) is 14.8. The Kier molecular flexibility index (Phi) is 4.88. The summed E-state index contributed by atoms with van der Waals surface area (Å²) in [6, 6.07) is 4.75. The molecule has 4 aromatic rings. The molecule has 1 aromatic carbocycles. The van der Waals surface area contributed by atoms with Gasteiger partial charge in [-0.1, -0.05) is 11.6 Å². The van der Waals surface area contributed by atoms with E-state index in [1.165, 1.54) is 10.8 Å². The molecule has 0 amide bonds. The Hall–Kier alpha value is -4.24. The standard InChI is InChI=1S/C18H14ClFN10O/c1-7(25-15-12(19)14(22)27-18(23)28-15)16-26-13-8(6-21)4-9(20)5-10(13)17(31)30(16)11-2-3-24-29-11/h2-5,7H,1H3,(H,24,29)(H5,22,23,25,27,28). The number of aromatic nitrogens is 6. The average Bonchev–Trinajstić information content (AvgIpc) is 3.25. The van der Waals surface area contributed by atoms with E-state index in [-0.39, 0.29) is 50.7 Å². The summed E-state index contributed by atoms with van der Waals surface area (Å²) in [5.41, 5.74) is 10.7. The monoisotopic (exact) mass is 440 g/mol. The summed E-state index contributed by atoms with van der Waals surface area (Å²) in [4.78, 5) is 25.6. The van der Waals surface area contributed by atoms with Gasteiger partial charge in [0.25, 0.3) is 5.56 Å². The van der Waals surface area contributed by atoms with E-state index in [0.717, 1.165) is 12.1 Å². The number of fused-ring (bicyclic) bond motifs is 1. The number of anilines is 3. The molecular formula is C18H14ClFN10O. The molecule has 0 fully saturated rings. The second-order valence-corrected chi connectivity index (χ2v) is 6.88. The summed E-state index contributed by atoms with van der Waals surface area (Å²) in [5, 5.41) is 19.0. The molecule has 3 aromatic heterocycles. The lowest BCUT2D eigenvalue weighted by Crippen LogP contribution is -2.28. The Morgan fingerprint density at radius 1 is 1.32 bits per heavy atom. The highest BCUT2D eigenvalue weighted by Gasteiger charge is 2.22. The molecule has 0 bridgehead atoms. The molecule has 6 N–H and O–H groups in total. The molecule has 13 heteroatoms. The topological polar surface area (TPSA) is 177 Å². The van der Waals surface area contributed by atoms with Gasteiger partial charge in [0.05, 0.1) is 22.5 Å². The highest BCUT2D eigenvalue weighted by Crippen LogP contribution is 2.29. The summed E-state index contributed by atoms with van der Waals surface area (Å²) in [6.07, 6.45) is 1.52. The van der Waals surface area contributed by atoms with Gasteiger partial charge >= 0.3 is 0 Å². The van der Waals surface area contributed by atoms with Crippen molar-refractivity contribution < 1.29 is 4.39 Å². The molecular weight excluding hydrogens is 427 g/mol. The van der Waals surface area contributed by atoms with Crippen LogP contribution in [0.25, 0.3) is 16.7 Å². The molecule has 0 aliphatic carbocycles. The van der Waals surface area contributed by atoms with Crippen molar-refractivity contribution in [3.05, 3.63) is 57.0 Å². The molecule has 0 saturated carbocycles. The van der Waals surface area contributed by atoms with E-state index in [0.29, 0.717) is 0 Å². The summed E-state index contributed by atoms with van der Waals surface area (Å²) in [6.45, 7) is 1.68. The van der Waals surface area contributed by atoms with Gasteiger partial charge in [0.15, 0.2) is 11.6 Å². The molecule has 11 nitrogen and oxygen atoms in total. The molecule has 0 spiro atoms. The summed E-state index contributed by atoms with van der Waals surface area (Å²) in [7, 11) is 0. The number of hydrogen-bond acceptors (Lipinski definition) is 9. The maximum absolute atomic E-state index is 14.0. The minimum atomic E-state index is -0.728. The van der Waals surface area contributed by atoms with Crippen LogP contribution in [0.4, 0.5) is 22.0 Å². The van der Waals surface area contributed by atoms with E-state index in [4.69, 9.17) is 23.1 Å². The number of rotatable bonds is 4. The van der Waals surface area contributed by atoms with Gasteiger partial charge in [-0.3, -0.25) is 9.89 Å². The number of nitrogens with two attached hydrogens (primary N) is 2. The van der Waals surface area contributed by atoms with Crippen molar-refractivity contribution in [2.24, 2.45) is 0 Å². The second-order valence-electron chi connectivity index (χ2n) is 6.50. The first-order valence-corrected chi connectivity index (χ1v) is 9.19. The largest absolute Gasteiger partial charge is 0.382 e. The second kappa shape index (κ2) is 7.54. The Labute approximate surface area is 178 Å². The third-order valence-corrected chi connectivity index (χ3v) is 4.81. The van der Waals surface area contributed by atoms with Crippen molar-refractivity contribution in [1.29, 1.82) is 5.26 Å². The van der Waals surface area contributed by atoms with Crippen LogP contribution < -0.4 is 22.3 Å². The maximum atomic E-state index is 14.0. The highest BCUT2D eigenvalue weighted by atomic mass is 35.5. The average molecular weight is 441 g/mol. The van der Waals surface area contributed by atoms with Gasteiger partial charge < -0.3 is 16.8 Å². The zero-order valence-electron chi connectivity index (χ0n) is 15.9. The molecule has 1 atom stereocenters. The van der Waals surface area contributed by atoms with Gasteiger partial charge in [0, 0.05) is 12.3 Å². The third kappa shape index (κ3) is 3.47. The zero-order valence-corrected chi connectivity index (χ0v) is 16.6. The fourth-order valence-corrected chi connectivity index (χ4v) is 3.23. The van der Waals surface area contributed by atoms with Crippen molar-refractivity contribution in [1.82, 2.24) is 29.7 Å². The first-order valence-electron chi connectivity index (χ1n) is 8.81. The van der Waals surface area contributed by atoms with Crippen LogP contribution in [-0.2, 0) is 0 Å². The first kappa shape index (κ1) is 20.0. The molecule has 0 aliphatic rings. The molecule has 31 heavy (non-hydrogen) atoms. The quantitative estimate of drug-likeness (QED) is 0.368. The third-order valence-electron chi connectivity index (χ3n) is 4.43. The van der Waals surface area contributed by atoms with Gasteiger partial charge in [-0.15, -0.1) is 0 Å². The van der Waals surface area contributed by atoms with E-state index in [1.807, 2.05) is 6.07 Å². The SMILES string of the molecule is CC(Nc1nc(N)nc(N)c1Cl)c1nc2c(C#N)cc(F)cc2c(=O)n1-c1cc[nH]n1. The van der Waals surface area contributed by atoms with Crippen LogP contribution in [0.2, 0.25) is 5.02 Å². The van der Waals surface area contributed by atoms with Gasteiger partial charge in [-0.05, 0) is 19.1 Å². The van der Waals surface area contributed by atoms with Crippen LogP contribution in [0.5, 0.6) is 0 Å². The predicted octanol–water partition coefficient (Wildman–Crippen LogP) is 1.90. The van der Waals surface area contributed by atoms with Crippen LogP contribution in [0.15, 0.2) is 29.2 Å². The van der Waals surface area contributed by atoms with Crippen molar-refractivity contribution in [2.45, 2.75) is 13.0 Å². The molecule has 0 radical (unpaired) electrons. The Bertz CT molecular complexity index is 1410. The smallest absolute Gasteiger partial charge is 0.267 e. The molecule has 3 heterocycles. The Balaban J connectivity index is 1.96. The molecule has 4 rings (SSSR count). The number of benzene rings is 1. The number of halogens is 2. The number of nitriles is 1. The van der Waals surface area contributed by atoms with Crippen LogP contribution in [0, 0.1) is 17.1 Å². The minimum absolute atomic E-state index is 0.0257. The lowest BCUT2D eigenvalue weighted by Gasteiger charge is -2.20. The van der Waals surface area contributed by atoms with Crippen molar-refractivity contribution in [2.75, 3.05) is 16.8 Å². The van der Waals surface area contributed by atoms with Crippen LogP contribution in [-0.4, -0.2) is 29.7 Å². The maximum Gasteiger partial charge on any atom is 0.267 e. The lowest BCUT2D eigenvalue weighted by atomic mass is 10.1. The van der Waals surface area contributed by atoms with E-state index in [1.54, 1.807) is 13.0 Å². The summed E-state index contributed by atoms with van der Waals surface area (Å²) < 4.78 is 15.2. The van der Waals surface area contributed by atoms with E-state index < -0.39 is 17.4 Å². The fourth-order valence-electron chi connectivity index (χ4n) is 3.09. The Morgan fingerprint density at radius 2 is 2.10 bits per heavy atom. The van der Waals surface area contributed by atoms with Crippen molar-refractivity contribution in [3.8, 4) is 11.9 Å². The van der Waals surface area contributed by atoms with Gasteiger partial charge in [0.1, 0.15) is 28.6 Å². The summed E-state index contributed by atoms with van der Waals surface area (Å²) in [5.74, 6) is -0.341. The van der Waals surface area contributed by atoms with Crippen LogP contribution >= 0.6 is 11.6 Å². The summed E-state index contributed by atoms with van der Waals surface area (Å²) >= 11 is 6.17. The number of nitrogens with one attached hydrogen (secondary N) is 2. The van der Waals surface area contributed by atoms with E-state index in [2.05, 4.69) is 30.5 Å². The predicted molar refractivity (Wildman–Crippen MR) is 112 cm³/mol. The van der Waals surface area contributed by atoms with E-state index in [9.17, 15) is 14.4 Å². The van der Waals surface area contributed by atoms with Crippen LogP contribution in [0.3, 0.4) is 0 Å². The number of nitrogen functional groups attached to an aromatic ring is 2. The van der Waals surface area contributed by atoms with Gasteiger partial charge in [-0.2, -0.15) is 20.3 Å². The number of hydrogen-bond donors (Lipinski definition) is 4. The van der Waals surface area contributed by atoms with Gasteiger partial charge in [-0.25, -0.2) is 13.9 Å². The van der Waals surface area contributed by atoms with E-state index >= 15 is 0 Å². The number of aromatic amines is 1. The molecule has 0 aliphatic heterocycles. The van der Waals surface area contributed by atoms with Crippen molar-refractivity contribution >= 4 is 40.1 Å². The Morgan fingerprint density at radius 3 is 2.77 bits per heavy atom. The fraction of sp³-hybridized carbons (Fsp3) is 0.111. The van der Waals surface area contributed by atoms with Crippen molar-refractivity contribution in [3.63, 3.8) is 0 Å². The lowest BCUT2D eigenvalue weighted by molar-refractivity contribution is 0.628. The number of H-pyrrole nitrogens is 1. The molecule has 0 saturated heterocycles. The minimum Gasteiger partial charge on any atom is -0.382 e. The normalized spacial score (nSPS) is 11.9. The highest BCUT2D eigenvalue weighted by molar-refractivity contribution is 6.35. The zero-order chi connectivity index (χ0) is 22.3. The molecule has 156 valence electrons. The number of nitrogens with zero attached hydrogens (tertiary/aromatic N) is 6. The van der Waals surface area contributed by atoms with Crippen LogP contribution in [0.1, 0.15) is 24.4 Å². The molecule has 1 unspecified atom stereocenters.